The van der Waals surface area contributed by atoms with Crippen LogP contribution < -0.4 is 11.1 Å². The van der Waals surface area contributed by atoms with Crippen molar-refractivity contribution in [3.05, 3.63) is 0 Å². The van der Waals surface area contributed by atoms with Gasteiger partial charge in [0, 0.05) is 25.7 Å². The van der Waals surface area contributed by atoms with E-state index in [1.807, 2.05) is 0 Å². The number of halogens is 1. The number of nitrogens with one attached hydrogen (secondary N) is 1. The zero-order valence-corrected chi connectivity index (χ0v) is 16.4. The molecule has 24 heavy (non-hydrogen) atoms. The first-order chi connectivity index (χ1) is 10.9. The van der Waals surface area contributed by atoms with Crippen LogP contribution in [0.1, 0.15) is 52.9 Å². The Hall–Kier alpha value is -0.360. The summed E-state index contributed by atoms with van der Waals surface area (Å²) in [6, 6.07) is 0.229. The number of rotatable bonds is 6. The third-order valence-corrected chi connectivity index (χ3v) is 5.55. The molecule has 0 bridgehead atoms. The molecule has 1 saturated carbocycles. The van der Waals surface area contributed by atoms with Crippen LogP contribution in [-0.2, 0) is 9.53 Å². The summed E-state index contributed by atoms with van der Waals surface area (Å²) in [5.74, 6) is 0.746. The molecule has 1 amide bonds. The van der Waals surface area contributed by atoms with Crippen molar-refractivity contribution < 1.29 is 9.53 Å². The van der Waals surface area contributed by atoms with Crippen LogP contribution in [0.5, 0.6) is 0 Å². The van der Waals surface area contributed by atoms with E-state index in [0.717, 1.165) is 25.9 Å². The van der Waals surface area contributed by atoms with E-state index in [0.29, 0.717) is 31.7 Å². The maximum atomic E-state index is 12.1. The number of hydrogen-bond donors (Lipinski definition) is 2. The summed E-state index contributed by atoms with van der Waals surface area (Å²) < 4.78 is 5.94. The van der Waals surface area contributed by atoms with Crippen LogP contribution in [0.25, 0.3) is 0 Å². The Labute approximate surface area is 153 Å². The molecule has 2 rings (SSSR count). The Morgan fingerprint density at radius 2 is 2.00 bits per heavy atom. The summed E-state index contributed by atoms with van der Waals surface area (Å²) in [7, 11) is 0. The molecule has 0 radical (unpaired) electrons. The summed E-state index contributed by atoms with van der Waals surface area (Å²) in [4.78, 5) is 14.3. The first kappa shape index (κ1) is 21.7. The van der Waals surface area contributed by atoms with Gasteiger partial charge in [0.15, 0.2) is 0 Å². The zero-order valence-electron chi connectivity index (χ0n) is 15.6. The molecule has 5 nitrogen and oxygen atoms in total. The highest BCUT2D eigenvalue weighted by Gasteiger charge is 2.33. The van der Waals surface area contributed by atoms with E-state index < -0.39 is 0 Å². The number of amides is 1. The lowest BCUT2D eigenvalue weighted by Crippen LogP contribution is -2.54. The fourth-order valence-corrected chi connectivity index (χ4v) is 3.81. The zero-order chi connectivity index (χ0) is 16.9. The van der Waals surface area contributed by atoms with E-state index in [1.54, 1.807) is 0 Å². The Morgan fingerprint density at radius 1 is 1.29 bits per heavy atom. The van der Waals surface area contributed by atoms with Gasteiger partial charge in [0.1, 0.15) is 0 Å². The maximum absolute atomic E-state index is 12.1. The highest BCUT2D eigenvalue weighted by Crippen LogP contribution is 2.27. The number of nitrogens with zero attached hydrogens (tertiary/aromatic N) is 1. The first-order valence-corrected chi connectivity index (χ1v) is 9.25. The molecule has 1 aliphatic heterocycles. The third-order valence-electron chi connectivity index (χ3n) is 5.55. The van der Waals surface area contributed by atoms with Gasteiger partial charge < -0.3 is 15.8 Å². The molecule has 1 heterocycles. The molecule has 3 N–H and O–H groups in total. The monoisotopic (exact) mass is 361 g/mol. The van der Waals surface area contributed by atoms with Crippen molar-refractivity contribution in [3.8, 4) is 0 Å². The van der Waals surface area contributed by atoms with E-state index in [4.69, 9.17) is 10.5 Å². The fraction of sp³-hybridized carbons (Fsp3) is 0.944. The van der Waals surface area contributed by atoms with Gasteiger partial charge in [0.25, 0.3) is 0 Å². The predicted octanol–water partition coefficient (Wildman–Crippen LogP) is 2.18. The van der Waals surface area contributed by atoms with E-state index >= 15 is 0 Å². The number of carbonyl (C=O) groups excluding carboxylic acids is 1. The molecule has 0 aromatic heterocycles. The van der Waals surface area contributed by atoms with Crippen LogP contribution >= 0.6 is 12.4 Å². The van der Waals surface area contributed by atoms with Crippen LogP contribution in [0.15, 0.2) is 0 Å². The second kappa shape index (κ2) is 9.95. The van der Waals surface area contributed by atoms with E-state index in [2.05, 4.69) is 31.0 Å². The van der Waals surface area contributed by atoms with Crippen molar-refractivity contribution >= 4 is 18.3 Å². The number of carbonyl (C=O) groups is 1. The normalized spacial score (nSPS) is 30.4. The van der Waals surface area contributed by atoms with Gasteiger partial charge in [-0.3, -0.25) is 9.69 Å². The molecular formula is C18H36ClN3O2. The van der Waals surface area contributed by atoms with Crippen LogP contribution in [0.3, 0.4) is 0 Å². The van der Waals surface area contributed by atoms with Crippen LogP contribution in [-0.4, -0.2) is 55.7 Å². The highest BCUT2D eigenvalue weighted by molar-refractivity contribution is 5.85. The summed E-state index contributed by atoms with van der Waals surface area (Å²) in [5.41, 5.74) is 6.22. The maximum Gasteiger partial charge on any atom is 0.234 e. The molecule has 3 atom stereocenters. The minimum Gasteiger partial charge on any atom is -0.376 e. The Bertz CT molecular complexity index is 392. The number of nitrogens with two attached hydrogens (primary N) is 1. The largest absolute Gasteiger partial charge is 0.376 e. The van der Waals surface area contributed by atoms with Crippen molar-refractivity contribution in [1.29, 1.82) is 0 Å². The van der Waals surface area contributed by atoms with Gasteiger partial charge in [0.05, 0.1) is 19.3 Å². The lowest BCUT2D eigenvalue weighted by atomic mass is 9.80. The Balaban J connectivity index is 0.00000288. The molecule has 0 aromatic rings. The molecule has 1 aliphatic carbocycles. The van der Waals surface area contributed by atoms with E-state index in [9.17, 15) is 4.79 Å². The number of piperidine rings is 1. The first-order valence-electron chi connectivity index (χ1n) is 9.25. The molecule has 0 spiro atoms. The van der Waals surface area contributed by atoms with Gasteiger partial charge in [0.2, 0.25) is 5.91 Å². The smallest absolute Gasteiger partial charge is 0.234 e. The van der Waals surface area contributed by atoms with Gasteiger partial charge in [-0.05, 0) is 30.6 Å². The molecule has 0 aromatic carbocycles. The number of ether oxygens (including phenoxy) is 1. The molecule has 2 fully saturated rings. The van der Waals surface area contributed by atoms with Crippen molar-refractivity contribution in [2.45, 2.75) is 65.0 Å². The lowest BCUT2D eigenvalue weighted by Gasteiger charge is -2.42. The third kappa shape index (κ3) is 6.51. The molecule has 142 valence electrons. The minimum atomic E-state index is 0. The predicted molar refractivity (Wildman–Crippen MR) is 100 cm³/mol. The second-order valence-corrected chi connectivity index (χ2v) is 8.12. The summed E-state index contributed by atoms with van der Waals surface area (Å²) in [6.45, 7) is 10.1. The van der Waals surface area contributed by atoms with Gasteiger partial charge in [-0.2, -0.15) is 0 Å². The average Bonchev–Trinajstić information content (AvgIpc) is 2.49. The number of likely N-dealkylation sites (tertiary alicyclic amines) is 1. The Kier molecular flexibility index (Phi) is 8.99. The van der Waals surface area contributed by atoms with E-state index in [1.165, 1.54) is 19.3 Å². The molecular weight excluding hydrogens is 326 g/mol. The lowest BCUT2D eigenvalue weighted by molar-refractivity contribution is -0.123. The molecule has 2 aliphatic rings. The van der Waals surface area contributed by atoms with Crippen LogP contribution in [0.2, 0.25) is 0 Å². The van der Waals surface area contributed by atoms with Crippen LogP contribution in [0.4, 0.5) is 0 Å². The fourth-order valence-electron chi connectivity index (χ4n) is 3.81. The van der Waals surface area contributed by atoms with Gasteiger partial charge in [-0.1, -0.05) is 33.6 Å². The van der Waals surface area contributed by atoms with Crippen molar-refractivity contribution in [3.63, 3.8) is 0 Å². The summed E-state index contributed by atoms with van der Waals surface area (Å²) in [5, 5.41) is 2.99. The minimum absolute atomic E-state index is 0. The standard InChI is InChI=1S/C18H35N3O2.ClH/c1-14-6-4-5-7-15(14)23-11-9-20-17(22)12-21-10-8-16(19)18(2,3)13-21;/h14-16H,4-13,19H2,1-3H3,(H,20,22);1H. The van der Waals surface area contributed by atoms with E-state index in [-0.39, 0.29) is 29.8 Å². The van der Waals surface area contributed by atoms with Crippen molar-refractivity contribution in [2.24, 2.45) is 17.1 Å². The van der Waals surface area contributed by atoms with Crippen LogP contribution in [0, 0.1) is 11.3 Å². The molecule has 1 saturated heterocycles. The quantitative estimate of drug-likeness (QED) is 0.711. The Morgan fingerprint density at radius 3 is 2.67 bits per heavy atom. The summed E-state index contributed by atoms with van der Waals surface area (Å²) >= 11 is 0. The van der Waals surface area contributed by atoms with Crippen molar-refractivity contribution in [1.82, 2.24) is 10.2 Å². The summed E-state index contributed by atoms with van der Waals surface area (Å²) in [6.07, 6.45) is 6.37. The van der Waals surface area contributed by atoms with Gasteiger partial charge in [-0.25, -0.2) is 0 Å². The topological polar surface area (TPSA) is 67.6 Å². The second-order valence-electron chi connectivity index (χ2n) is 8.12. The molecule has 3 unspecified atom stereocenters. The van der Waals surface area contributed by atoms with Gasteiger partial charge in [-0.15, -0.1) is 12.4 Å². The van der Waals surface area contributed by atoms with Crippen molar-refractivity contribution in [2.75, 3.05) is 32.8 Å². The SMILES string of the molecule is CC1CCCCC1OCCNC(=O)CN1CCC(N)C(C)(C)C1.Cl. The average molecular weight is 362 g/mol. The highest BCUT2D eigenvalue weighted by atomic mass is 35.5. The number of hydrogen-bond acceptors (Lipinski definition) is 4. The molecule has 6 heteroatoms. The van der Waals surface area contributed by atoms with Gasteiger partial charge >= 0.3 is 0 Å².